The van der Waals surface area contributed by atoms with E-state index in [-0.39, 0.29) is 11.6 Å². The van der Waals surface area contributed by atoms with E-state index in [2.05, 4.69) is 57.2 Å². The maximum Gasteiger partial charge on any atom is 0.128 e. The van der Waals surface area contributed by atoms with Crippen LogP contribution in [-0.4, -0.2) is 41.2 Å². The quantitative estimate of drug-likeness (QED) is 0.630. The fourth-order valence-electron chi connectivity index (χ4n) is 5.15. The number of hydrazine groups is 1. The zero-order valence-electron chi connectivity index (χ0n) is 17.0. The summed E-state index contributed by atoms with van der Waals surface area (Å²) < 4.78 is 0. The molecule has 154 valence electrons. The van der Waals surface area contributed by atoms with Crippen LogP contribution in [0.4, 0.5) is 5.82 Å². The molecule has 4 unspecified atom stereocenters. The van der Waals surface area contributed by atoms with Crippen LogP contribution in [-0.2, 0) is 0 Å². The summed E-state index contributed by atoms with van der Waals surface area (Å²) in [5.41, 5.74) is 15.7. The van der Waals surface area contributed by atoms with Gasteiger partial charge in [0, 0.05) is 55.6 Å². The van der Waals surface area contributed by atoms with Gasteiger partial charge in [-0.25, -0.2) is 10.4 Å². The third-order valence-corrected chi connectivity index (χ3v) is 6.67. The summed E-state index contributed by atoms with van der Waals surface area (Å²) in [6, 6.07) is 11.5. The molecule has 7 heteroatoms. The molecule has 5 rings (SSSR count). The van der Waals surface area contributed by atoms with Gasteiger partial charge in [0.1, 0.15) is 5.82 Å². The largest absolute Gasteiger partial charge is 0.355 e. The van der Waals surface area contributed by atoms with E-state index < -0.39 is 0 Å². The lowest BCUT2D eigenvalue weighted by molar-refractivity contribution is 0.265. The van der Waals surface area contributed by atoms with E-state index in [1.54, 1.807) is 0 Å². The van der Waals surface area contributed by atoms with Crippen LogP contribution >= 0.6 is 0 Å². The predicted octanol–water partition coefficient (Wildman–Crippen LogP) is 1.66. The lowest BCUT2D eigenvalue weighted by Crippen LogP contribution is -2.52. The highest BCUT2D eigenvalue weighted by atomic mass is 15.4. The molecule has 3 fully saturated rings. The van der Waals surface area contributed by atoms with Crippen LogP contribution in [0.15, 0.2) is 42.7 Å². The second-order valence-corrected chi connectivity index (χ2v) is 9.12. The first kappa shape index (κ1) is 18.9. The highest BCUT2D eigenvalue weighted by Crippen LogP contribution is 2.38. The summed E-state index contributed by atoms with van der Waals surface area (Å²) in [4.78, 5) is 11.7. The molecule has 0 spiro atoms. The third kappa shape index (κ3) is 3.88. The number of hydrogen-bond acceptors (Lipinski definition) is 7. The van der Waals surface area contributed by atoms with E-state index in [9.17, 15) is 0 Å². The number of hydrogen-bond donors (Lipinski definition) is 4. The fraction of sp³-hybridized carbons (Fsp3) is 0.545. The molecular weight excluding hydrogens is 362 g/mol. The highest BCUT2D eigenvalue weighted by molar-refractivity contribution is 5.41. The van der Waals surface area contributed by atoms with E-state index >= 15 is 0 Å². The van der Waals surface area contributed by atoms with Gasteiger partial charge in [-0.15, -0.1) is 0 Å². The van der Waals surface area contributed by atoms with E-state index in [4.69, 9.17) is 10.7 Å². The number of aromatic nitrogens is 2. The van der Waals surface area contributed by atoms with Crippen molar-refractivity contribution in [3.63, 3.8) is 0 Å². The standard InChI is InChI=1S/C22H31N7/c1-22(23)8-4-10-29(14-22)20-7-2-6-17(26-20)21-16-11-18(15-5-3-9-24-12-15)25-13-19(16)27-28-21/h2-3,5-7,9,12,16,18-19,21,25,27-28H,4,8,10-11,13-14,23H2,1H3/t16?,18?,19?,21?,22-/m1/s1. The molecule has 0 bridgehead atoms. The Labute approximate surface area is 172 Å². The smallest absolute Gasteiger partial charge is 0.128 e. The summed E-state index contributed by atoms with van der Waals surface area (Å²) in [6.07, 6.45) is 7.05. The summed E-state index contributed by atoms with van der Waals surface area (Å²) in [5.74, 6) is 1.52. The molecule has 29 heavy (non-hydrogen) atoms. The van der Waals surface area contributed by atoms with Crippen LogP contribution in [0.2, 0.25) is 0 Å². The lowest BCUT2D eigenvalue weighted by Gasteiger charge is -2.39. The minimum atomic E-state index is -0.139. The minimum absolute atomic E-state index is 0.139. The number of nitrogens with zero attached hydrogens (tertiary/aromatic N) is 3. The van der Waals surface area contributed by atoms with Gasteiger partial charge in [-0.3, -0.25) is 10.4 Å². The lowest BCUT2D eigenvalue weighted by atomic mass is 9.81. The molecule has 5 heterocycles. The van der Waals surface area contributed by atoms with Gasteiger partial charge in [0.2, 0.25) is 0 Å². The van der Waals surface area contributed by atoms with Crippen LogP contribution in [0.25, 0.3) is 0 Å². The number of pyridine rings is 2. The van der Waals surface area contributed by atoms with E-state index in [1.165, 1.54) is 5.56 Å². The first-order valence-corrected chi connectivity index (χ1v) is 10.7. The molecular formula is C22H31N7. The Morgan fingerprint density at radius 3 is 2.97 bits per heavy atom. The summed E-state index contributed by atoms with van der Waals surface area (Å²) in [5, 5.41) is 3.67. The average Bonchev–Trinajstić information content (AvgIpc) is 3.17. The molecule has 0 radical (unpaired) electrons. The molecule has 0 amide bonds. The van der Waals surface area contributed by atoms with Gasteiger partial charge in [0.05, 0.1) is 11.7 Å². The minimum Gasteiger partial charge on any atom is -0.355 e. The van der Waals surface area contributed by atoms with E-state index in [1.807, 2.05) is 18.5 Å². The van der Waals surface area contributed by atoms with Gasteiger partial charge in [0.25, 0.3) is 0 Å². The average molecular weight is 394 g/mol. The van der Waals surface area contributed by atoms with Crippen LogP contribution in [0, 0.1) is 5.92 Å². The predicted molar refractivity (Wildman–Crippen MR) is 114 cm³/mol. The molecule has 2 aromatic heterocycles. The summed E-state index contributed by atoms with van der Waals surface area (Å²) in [7, 11) is 0. The zero-order valence-corrected chi connectivity index (χ0v) is 17.0. The first-order chi connectivity index (χ1) is 14.1. The van der Waals surface area contributed by atoms with Crippen molar-refractivity contribution in [3.8, 4) is 0 Å². The Hall–Kier alpha value is -2.06. The Bertz CT molecular complexity index is 840. The summed E-state index contributed by atoms with van der Waals surface area (Å²) in [6.45, 7) is 4.96. The SMILES string of the molecule is C[C@@]1(N)CCCN(c2cccc(C3NNC4CNC(c5cccnc5)CC43)n2)C1. The number of nitrogens with two attached hydrogens (primary N) is 1. The Balaban J connectivity index is 1.35. The molecule has 5 atom stereocenters. The number of rotatable bonds is 3. The molecule has 0 saturated carbocycles. The van der Waals surface area contributed by atoms with Crippen molar-refractivity contribution in [2.24, 2.45) is 11.7 Å². The maximum atomic E-state index is 6.42. The molecule has 0 aromatic carbocycles. The van der Waals surface area contributed by atoms with Gasteiger partial charge in [0.15, 0.2) is 0 Å². The Kier molecular flexibility index (Phi) is 4.99. The third-order valence-electron chi connectivity index (χ3n) is 6.67. The normalized spacial score (nSPS) is 34.8. The molecule has 2 aromatic rings. The van der Waals surface area contributed by atoms with Crippen molar-refractivity contribution >= 4 is 5.82 Å². The Morgan fingerprint density at radius 1 is 1.21 bits per heavy atom. The molecule has 5 N–H and O–H groups in total. The van der Waals surface area contributed by atoms with Crippen LogP contribution < -0.4 is 26.8 Å². The van der Waals surface area contributed by atoms with Crippen LogP contribution in [0.5, 0.6) is 0 Å². The number of fused-ring (bicyclic) bond motifs is 1. The van der Waals surface area contributed by atoms with Crippen molar-refractivity contribution in [2.45, 2.75) is 49.9 Å². The van der Waals surface area contributed by atoms with Gasteiger partial charge >= 0.3 is 0 Å². The topological polar surface area (TPSA) is 91.1 Å². The van der Waals surface area contributed by atoms with Crippen molar-refractivity contribution in [1.82, 2.24) is 26.1 Å². The Morgan fingerprint density at radius 2 is 2.14 bits per heavy atom. The first-order valence-electron chi connectivity index (χ1n) is 10.7. The number of piperidine rings is 2. The van der Waals surface area contributed by atoms with Crippen molar-refractivity contribution in [2.75, 3.05) is 24.5 Å². The van der Waals surface area contributed by atoms with Gasteiger partial charge in [-0.05, 0) is 49.9 Å². The second kappa shape index (κ2) is 7.65. The van der Waals surface area contributed by atoms with Gasteiger partial charge in [-0.2, -0.15) is 0 Å². The van der Waals surface area contributed by atoms with Crippen molar-refractivity contribution < 1.29 is 0 Å². The van der Waals surface area contributed by atoms with Crippen LogP contribution in [0.1, 0.15) is 49.5 Å². The molecule has 7 nitrogen and oxygen atoms in total. The number of anilines is 1. The molecule has 0 aliphatic carbocycles. The highest BCUT2D eigenvalue weighted by Gasteiger charge is 2.42. The molecule has 3 aliphatic rings. The van der Waals surface area contributed by atoms with Gasteiger partial charge in [-0.1, -0.05) is 12.1 Å². The monoisotopic (exact) mass is 393 g/mol. The van der Waals surface area contributed by atoms with E-state index in [0.29, 0.717) is 18.0 Å². The zero-order chi connectivity index (χ0) is 19.8. The fourth-order valence-corrected chi connectivity index (χ4v) is 5.15. The molecule has 3 saturated heterocycles. The maximum absolute atomic E-state index is 6.42. The van der Waals surface area contributed by atoms with Crippen LogP contribution in [0.3, 0.4) is 0 Å². The molecule has 3 aliphatic heterocycles. The number of nitrogens with one attached hydrogen (secondary N) is 3. The van der Waals surface area contributed by atoms with E-state index in [0.717, 1.165) is 50.4 Å². The van der Waals surface area contributed by atoms with Gasteiger partial charge < -0.3 is 16.0 Å². The summed E-state index contributed by atoms with van der Waals surface area (Å²) >= 11 is 0. The second-order valence-electron chi connectivity index (χ2n) is 9.12. The van der Waals surface area contributed by atoms with Crippen molar-refractivity contribution in [1.29, 1.82) is 0 Å². The van der Waals surface area contributed by atoms with Crippen molar-refractivity contribution in [3.05, 3.63) is 54.0 Å².